The Labute approximate surface area is 183 Å². The van der Waals surface area contributed by atoms with E-state index in [4.69, 9.17) is 23.2 Å². The molecule has 154 valence electrons. The number of aldehydes is 1. The lowest BCUT2D eigenvalue weighted by Crippen LogP contribution is -2.45. The Hall–Kier alpha value is -2.06. The van der Waals surface area contributed by atoms with Crippen LogP contribution >= 0.6 is 23.2 Å². The number of hydrogen-bond acceptors (Lipinski definition) is 4. The molecule has 0 saturated heterocycles. The van der Waals surface area contributed by atoms with Crippen LogP contribution in [-0.4, -0.2) is 24.9 Å². The molecule has 0 heterocycles. The Balaban J connectivity index is 2.40. The van der Waals surface area contributed by atoms with Gasteiger partial charge in [-0.2, -0.15) is 5.26 Å². The average Bonchev–Trinajstić information content (AvgIpc) is 2.73. The zero-order valence-electron chi connectivity index (χ0n) is 16.9. The van der Waals surface area contributed by atoms with Crippen LogP contribution in [0.4, 0.5) is 5.69 Å². The molecule has 0 amide bonds. The topological polar surface area (TPSA) is 56.1 Å². The number of carbonyl (C=O) groups excluding carboxylic acids is 1. The number of hydrogen-bond donors (Lipinski definition) is 1. The Kier molecular flexibility index (Phi) is 9.47. The van der Waals surface area contributed by atoms with Crippen LogP contribution < -0.4 is 10.2 Å². The van der Waals surface area contributed by atoms with E-state index in [1.165, 1.54) is 0 Å². The molecule has 6 heteroatoms. The molecular formula is C23H27Cl2N3O. The summed E-state index contributed by atoms with van der Waals surface area (Å²) in [4.78, 5) is 13.6. The Bertz CT molecular complexity index is 846. The number of nitriles is 1. The molecule has 2 aromatic rings. The molecule has 2 rings (SSSR count). The van der Waals surface area contributed by atoms with E-state index in [0.717, 1.165) is 30.4 Å². The van der Waals surface area contributed by atoms with Crippen LogP contribution in [0.5, 0.6) is 0 Å². The molecule has 0 bridgehead atoms. The van der Waals surface area contributed by atoms with Gasteiger partial charge in [0.15, 0.2) is 0 Å². The van der Waals surface area contributed by atoms with Gasteiger partial charge in [0.05, 0.1) is 10.6 Å². The lowest BCUT2D eigenvalue weighted by atomic mass is 10.1. The van der Waals surface area contributed by atoms with Crippen molar-refractivity contribution in [2.45, 2.75) is 51.7 Å². The van der Waals surface area contributed by atoms with Gasteiger partial charge in [0, 0.05) is 42.3 Å². The van der Waals surface area contributed by atoms with Crippen molar-refractivity contribution in [1.29, 1.82) is 5.26 Å². The first-order chi connectivity index (χ1) is 14.0. The van der Waals surface area contributed by atoms with Crippen molar-refractivity contribution in [2.75, 3.05) is 11.4 Å². The zero-order valence-corrected chi connectivity index (χ0v) is 18.4. The number of anilines is 1. The molecule has 0 radical (unpaired) electrons. The molecular weight excluding hydrogens is 405 g/mol. The molecule has 29 heavy (non-hydrogen) atoms. The molecule has 0 aliphatic carbocycles. The molecule has 2 aromatic carbocycles. The Morgan fingerprint density at radius 3 is 2.45 bits per heavy atom. The van der Waals surface area contributed by atoms with E-state index in [9.17, 15) is 10.1 Å². The van der Waals surface area contributed by atoms with Crippen molar-refractivity contribution in [3.05, 3.63) is 63.6 Å². The maximum Gasteiger partial charge on any atom is 0.122 e. The predicted octanol–water partition coefficient (Wildman–Crippen LogP) is 5.61. The number of benzene rings is 2. The summed E-state index contributed by atoms with van der Waals surface area (Å²) < 4.78 is 0. The smallest absolute Gasteiger partial charge is 0.122 e. The first-order valence-corrected chi connectivity index (χ1v) is 10.7. The van der Waals surface area contributed by atoms with Crippen LogP contribution in [0.3, 0.4) is 0 Å². The minimum absolute atomic E-state index is 0.0756. The van der Waals surface area contributed by atoms with Crippen molar-refractivity contribution < 1.29 is 4.79 Å². The van der Waals surface area contributed by atoms with Crippen molar-refractivity contribution in [1.82, 2.24) is 5.32 Å². The second kappa shape index (κ2) is 11.8. The van der Waals surface area contributed by atoms with Crippen molar-refractivity contribution in [2.24, 2.45) is 0 Å². The SMILES string of the molecule is CCC(CC)NC[C@H](CC=O)N(Cc1ccccc1Cl)c1ccc(C#N)c(Cl)c1. The average molecular weight is 432 g/mol. The molecule has 1 N–H and O–H groups in total. The first-order valence-electron chi connectivity index (χ1n) is 9.90. The van der Waals surface area contributed by atoms with Crippen molar-refractivity contribution >= 4 is 35.2 Å². The highest BCUT2D eigenvalue weighted by molar-refractivity contribution is 6.32. The van der Waals surface area contributed by atoms with Crippen LogP contribution in [0.2, 0.25) is 10.0 Å². The molecule has 0 spiro atoms. The van der Waals surface area contributed by atoms with E-state index >= 15 is 0 Å². The van der Waals surface area contributed by atoms with Crippen molar-refractivity contribution in [3.63, 3.8) is 0 Å². The summed E-state index contributed by atoms with van der Waals surface area (Å²) in [6.07, 6.45) is 3.37. The zero-order chi connectivity index (χ0) is 21.2. The first kappa shape index (κ1) is 23.2. The van der Waals surface area contributed by atoms with Crippen LogP contribution in [0.25, 0.3) is 0 Å². The number of nitrogens with zero attached hydrogens (tertiary/aromatic N) is 2. The van der Waals surface area contributed by atoms with Crippen LogP contribution in [0.1, 0.15) is 44.2 Å². The Morgan fingerprint density at radius 1 is 1.14 bits per heavy atom. The fourth-order valence-electron chi connectivity index (χ4n) is 3.33. The molecule has 0 unspecified atom stereocenters. The standard InChI is InChI=1S/C23H27Cl2N3O/c1-3-19(4-2)27-15-21(11-12-29)28(16-18-7-5-6-8-22(18)24)20-10-9-17(14-26)23(25)13-20/h5-10,12-13,19,21,27H,3-4,11,15-16H2,1-2H3/t21-/m0/s1. The summed E-state index contributed by atoms with van der Waals surface area (Å²) in [5, 5.41) is 13.8. The number of carbonyl (C=O) groups is 1. The summed E-state index contributed by atoms with van der Waals surface area (Å²) >= 11 is 12.7. The van der Waals surface area contributed by atoms with Crippen LogP contribution in [0.15, 0.2) is 42.5 Å². The van der Waals surface area contributed by atoms with Gasteiger partial charge in [0.2, 0.25) is 0 Å². The minimum atomic E-state index is -0.0756. The fourth-order valence-corrected chi connectivity index (χ4v) is 3.74. The molecule has 0 fully saturated rings. The molecule has 0 aromatic heterocycles. The van der Waals surface area contributed by atoms with Gasteiger partial charge in [-0.25, -0.2) is 0 Å². The van der Waals surface area contributed by atoms with Gasteiger partial charge < -0.3 is 15.0 Å². The molecule has 1 atom stereocenters. The summed E-state index contributed by atoms with van der Waals surface area (Å²) in [5.41, 5.74) is 2.25. The fraction of sp³-hybridized carbons (Fsp3) is 0.391. The Morgan fingerprint density at radius 2 is 1.86 bits per heavy atom. The molecule has 0 aliphatic heterocycles. The third-order valence-electron chi connectivity index (χ3n) is 5.14. The second-order valence-electron chi connectivity index (χ2n) is 6.97. The van der Waals surface area contributed by atoms with Gasteiger partial charge >= 0.3 is 0 Å². The lowest BCUT2D eigenvalue weighted by molar-refractivity contribution is -0.108. The van der Waals surface area contributed by atoms with Gasteiger partial charge in [0.25, 0.3) is 0 Å². The summed E-state index contributed by atoms with van der Waals surface area (Å²) in [5.74, 6) is 0. The maximum atomic E-state index is 11.5. The van der Waals surface area contributed by atoms with E-state index < -0.39 is 0 Å². The van der Waals surface area contributed by atoms with E-state index in [0.29, 0.717) is 41.2 Å². The largest absolute Gasteiger partial charge is 0.362 e. The van der Waals surface area contributed by atoms with E-state index in [1.807, 2.05) is 30.3 Å². The van der Waals surface area contributed by atoms with Gasteiger partial charge in [-0.05, 0) is 42.7 Å². The minimum Gasteiger partial charge on any atom is -0.362 e. The molecule has 0 saturated carbocycles. The highest BCUT2D eigenvalue weighted by atomic mass is 35.5. The highest BCUT2D eigenvalue weighted by Gasteiger charge is 2.22. The van der Waals surface area contributed by atoms with Crippen LogP contribution in [-0.2, 0) is 11.3 Å². The van der Waals surface area contributed by atoms with Crippen LogP contribution in [0, 0.1) is 11.3 Å². The number of halogens is 2. The van der Waals surface area contributed by atoms with E-state index in [1.54, 1.807) is 12.1 Å². The van der Waals surface area contributed by atoms with Crippen molar-refractivity contribution in [3.8, 4) is 6.07 Å². The maximum absolute atomic E-state index is 11.5. The lowest BCUT2D eigenvalue weighted by Gasteiger charge is -2.34. The van der Waals surface area contributed by atoms with E-state index in [2.05, 4.69) is 30.1 Å². The van der Waals surface area contributed by atoms with Gasteiger partial charge in [0.1, 0.15) is 12.4 Å². The second-order valence-corrected chi connectivity index (χ2v) is 7.79. The predicted molar refractivity (Wildman–Crippen MR) is 121 cm³/mol. The normalized spacial score (nSPS) is 11.9. The third kappa shape index (κ3) is 6.47. The summed E-state index contributed by atoms with van der Waals surface area (Å²) in [6.45, 7) is 5.49. The van der Waals surface area contributed by atoms with Gasteiger partial charge in [-0.3, -0.25) is 0 Å². The van der Waals surface area contributed by atoms with E-state index in [-0.39, 0.29) is 6.04 Å². The molecule has 0 aliphatic rings. The highest BCUT2D eigenvalue weighted by Crippen LogP contribution is 2.28. The van der Waals surface area contributed by atoms with Gasteiger partial charge in [-0.1, -0.05) is 55.2 Å². The summed E-state index contributed by atoms with van der Waals surface area (Å²) in [7, 11) is 0. The van der Waals surface area contributed by atoms with Gasteiger partial charge in [-0.15, -0.1) is 0 Å². The number of nitrogens with one attached hydrogen (secondary N) is 1. The third-order valence-corrected chi connectivity index (χ3v) is 5.82. The monoisotopic (exact) mass is 431 g/mol. The summed E-state index contributed by atoms with van der Waals surface area (Å²) in [6, 6.07) is 15.5. The molecule has 4 nitrogen and oxygen atoms in total. The number of rotatable bonds is 11. The quantitative estimate of drug-likeness (QED) is 0.469.